The van der Waals surface area contributed by atoms with Gasteiger partial charge >= 0.3 is 0 Å². The fourth-order valence-electron chi connectivity index (χ4n) is 1.91. The van der Waals surface area contributed by atoms with Gasteiger partial charge in [0.2, 0.25) is 4.38 Å². The second-order valence-corrected chi connectivity index (χ2v) is 4.54. The van der Waals surface area contributed by atoms with E-state index in [1.54, 1.807) is 0 Å². The lowest BCUT2D eigenvalue weighted by molar-refractivity contribution is 0.0220. The molecule has 0 spiro atoms. The molecule has 0 N–H and O–H groups in total. The molecule has 0 aromatic rings. The van der Waals surface area contributed by atoms with Crippen molar-refractivity contribution in [3.63, 3.8) is 0 Å². The van der Waals surface area contributed by atoms with E-state index in [-0.39, 0.29) is 5.60 Å². The van der Waals surface area contributed by atoms with Gasteiger partial charge in [0.05, 0.1) is 0 Å². The molecule has 1 nitrogen and oxygen atoms in total. The van der Waals surface area contributed by atoms with Crippen molar-refractivity contribution in [3.8, 4) is 0 Å². The van der Waals surface area contributed by atoms with Gasteiger partial charge in [-0.3, -0.25) is 0 Å². The summed E-state index contributed by atoms with van der Waals surface area (Å²) in [6, 6.07) is 0. The largest absolute Gasteiger partial charge is 0.472 e. The molecule has 0 aromatic heterocycles. The fourth-order valence-corrected chi connectivity index (χ4v) is 2.28. The fraction of sp³-hybridized carbons (Fsp3) is 0.889. The molecule has 70 valence electrons. The third-order valence-electron chi connectivity index (χ3n) is 2.71. The summed E-state index contributed by atoms with van der Waals surface area (Å²) in [7, 11) is 0. The summed E-state index contributed by atoms with van der Waals surface area (Å²) < 4.78 is 6.03. The van der Waals surface area contributed by atoms with Gasteiger partial charge in [-0.1, -0.05) is 26.0 Å². The lowest BCUT2D eigenvalue weighted by Gasteiger charge is -2.36. The van der Waals surface area contributed by atoms with Gasteiger partial charge in [-0.05, 0) is 44.3 Å². The average molecular weight is 204 g/mol. The third-order valence-corrected chi connectivity index (χ3v) is 2.89. The van der Waals surface area contributed by atoms with Crippen LogP contribution in [0.15, 0.2) is 0 Å². The molecule has 0 heterocycles. The first kappa shape index (κ1) is 10.3. The molecule has 1 fully saturated rings. The number of hydrogen-bond donors (Lipinski definition) is 1. The van der Waals surface area contributed by atoms with Crippen LogP contribution in [-0.4, -0.2) is 9.98 Å². The molecule has 1 aliphatic rings. The molecule has 0 aliphatic heterocycles. The van der Waals surface area contributed by atoms with E-state index in [0.717, 1.165) is 19.3 Å². The molecule has 1 saturated carbocycles. The Balaban J connectivity index is 2.53. The van der Waals surface area contributed by atoms with Gasteiger partial charge in [0.1, 0.15) is 5.60 Å². The minimum atomic E-state index is 0.0249. The topological polar surface area (TPSA) is 9.23 Å². The normalized spacial score (nSPS) is 21.8. The van der Waals surface area contributed by atoms with Crippen LogP contribution >= 0.6 is 24.8 Å². The summed E-state index contributed by atoms with van der Waals surface area (Å²) in [4.78, 5) is 0. The van der Waals surface area contributed by atoms with Crippen molar-refractivity contribution < 1.29 is 4.74 Å². The summed E-state index contributed by atoms with van der Waals surface area (Å²) in [6.07, 6.45) is 7.21. The quantitative estimate of drug-likeness (QED) is 0.546. The van der Waals surface area contributed by atoms with E-state index in [1.165, 1.54) is 19.3 Å². The smallest absolute Gasteiger partial charge is 0.217 e. The number of ether oxygens (including phenoxy) is 1. The van der Waals surface area contributed by atoms with Gasteiger partial charge in [-0.25, -0.2) is 0 Å². The standard InChI is InChI=1S/C9H16OS2/c1-2-9(10-8(11)12)6-4-3-5-7-9/h2-7H2,1H3,(H,11,12). The first-order valence-electron chi connectivity index (χ1n) is 4.60. The van der Waals surface area contributed by atoms with E-state index in [4.69, 9.17) is 17.0 Å². The van der Waals surface area contributed by atoms with Gasteiger partial charge < -0.3 is 4.74 Å². The van der Waals surface area contributed by atoms with Crippen molar-refractivity contribution in [3.05, 3.63) is 0 Å². The number of thiol groups is 1. The van der Waals surface area contributed by atoms with E-state index >= 15 is 0 Å². The van der Waals surface area contributed by atoms with Crippen LogP contribution in [0.2, 0.25) is 0 Å². The highest BCUT2D eigenvalue weighted by molar-refractivity contribution is 8.10. The molecule has 0 amide bonds. The summed E-state index contributed by atoms with van der Waals surface area (Å²) in [5.74, 6) is 0. The second kappa shape index (κ2) is 4.47. The van der Waals surface area contributed by atoms with Crippen molar-refractivity contribution in [2.24, 2.45) is 0 Å². The molecule has 0 saturated heterocycles. The van der Waals surface area contributed by atoms with E-state index in [9.17, 15) is 0 Å². The molecule has 3 heteroatoms. The monoisotopic (exact) mass is 204 g/mol. The zero-order valence-electron chi connectivity index (χ0n) is 7.51. The first-order valence-corrected chi connectivity index (χ1v) is 5.46. The van der Waals surface area contributed by atoms with Crippen molar-refractivity contribution in [1.29, 1.82) is 0 Å². The Kier molecular flexibility index (Phi) is 3.84. The molecule has 0 radical (unpaired) electrons. The highest BCUT2D eigenvalue weighted by atomic mass is 32.1. The van der Waals surface area contributed by atoms with Gasteiger partial charge in [-0.15, -0.1) is 0 Å². The van der Waals surface area contributed by atoms with Gasteiger partial charge in [0.25, 0.3) is 0 Å². The Morgan fingerprint density at radius 1 is 1.42 bits per heavy atom. The van der Waals surface area contributed by atoms with E-state index in [1.807, 2.05) is 0 Å². The highest BCUT2D eigenvalue weighted by Crippen LogP contribution is 2.34. The van der Waals surface area contributed by atoms with Crippen molar-refractivity contribution >= 4 is 29.2 Å². The van der Waals surface area contributed by atoms with Crippen LogP contribution in [0.4, 0.5) is 0 Å². The predicted molar refractivity (Wildman–Crippen MR) is 58.8 cm³/mol. The third kappa shape index (κ3) is 2.63. The second-order valence-electron chi connectivity index (χ2n) is 3.47. The Labute approximate surface area is 85.3 Å². The van der Waals surface area contributed by atoms with Crippen LogP contribution in [0.5, 0.6) is 0 Å². The van der Waals surface area contributed by atoms with Crippen LogP contribution in [0.25, 0.3) is 0 Å². The van der Waals surface area contributed by atoms with Crippen molar-refractivity contribution in [2.45, 2.75) is 51.0 Å². The molecular weight excluding hydrogens is 188 g/mol. The Morgan fingerprint density at radius 3 is 2.42 bits per heavy atom. The number of thiocarbonyl (C=S) groups is 1. The lowest BCUT2D eigenvalue weighted by Crippen LogP contribution is -2.35. The Morgan fingerprint density at radius 2 is 2.00 bits per heavy atom. The number of hydrogen-bond acceptors (Lipinski definition) is 2. The maximum Gasteiger partial charge on any atom is 0.217 e. The SMILES string of the molecule is CCC1(OC(=S)S)CCCCC1. The molecule has 12 heavy (non-hydrogen) atoms. The van der Waals surface area contributed by atoms with Crippen LogP contribution in [-0.2, 0) is 4.74 Å². The zero-order chi connectivity index (χ0) is 9.03. The average Bonchev–Trinajstić information content (AvgIpc) is 2.05. The maximum absolute atomic E-state index is 5.62. The lowest BCUT2D eigenvalue weighted by atomic mass is 9.83. The van der Waals surface area contributed by atoms with Crippen molar-refractivity contribution in [2.75, 3.05) is 0 Å². The Bertz CT molecular complexity index is 162. The summed E-state index contributed by atoms with van der Waals surface area (Å²) >= 11 is 8.88. The molecule has 0 bridgehead atoms. The van der Waals surface area contributed by atoms with Gasteiger partial charge in [-0.2, -0.15) is 0 Å². The van der Waals surface area contributed by atoms with Crippen LogP contribution in [0.1, 0.15) is 45.4 Å². The summed E-state index contributed by atoms with van der Waals surface area (Å²) in [5.41, 5.74) is 0.0249. The van der Waals surface area contributed by atoms with Gasteiger partial charge in [0.15, 0.2) is 0 Å². The Hall–Kier alpha value is 0.240. The predicted octanol–water partition coefficient (Wildman–Crippen LogP) is 3.33. The molecule has 0 aromatic carbocycles. The molecular formula is C9H16OS2. The van der Waals surface area contributed by atoms with Crippen molar-refractivity contribution in [1.82, 2.24) is 0 Å². The number of rotatable bonds is 2. The molecule has 1 aliphatic carbocycles. The van der Waals surface area contributed by atoms with E-state index < -0.39 is 0 Å². The van der Waals surface area contributed by atoms with Crippen LogP contribution in [0.3, 0.4) is 0 Å². The summed E-state index contributed by atoms with van der Waals surface area (Å²) in [5, 5.41) is 0. The van der Waals surface area contributed by atoms with Gasteiger partial charge in [0, 0.05) is 0 Å². The zero-order valence-corrected chi connectivity index (χ0v) is 9.22. The highest BCUT2D eigenvalue weighted by Gasteiger charge is 2.32. The molecule has 1 rings (SSSR count). The van der Waals surface area contributed by atoms with Crippen LogP contribution < -0.4 is 0 Å². The summed E-state index contributed by atoms with van der Waals surface area (Å²) in [6.45, 7) is 2.16. The molecule has 0 unspecified atom stereocenters. The molecule has 0 atom stereocenters. The maximum atomic E-state index is 5.62. The first-order chi connectivity index (χ1) is 5.68. The minimum Gasteiger partial charge on any atom is -0.472 e. The van der Waals surface area contributed by atoms with E-state index in [0.29, 0.717) is 4.38 Å². The minimum absolute atomic E-state index is 0.0249. The van der Waals surface area contributed by atoms with Crippen LogP contribution in [0, 0.1) is 0 Å². The van der Waals surface area contributed by atoms with E-state index in [2.05, 4.69) is 19.6 Å².